The molecule has 1 unspecified atom stereocenters. The highest BCUT2D eigenvalue weighted by molar-refractivity contribution is 6.30. The van der Waals surface area contributed by atoms with Crippen LogP contribution in [0.4, 0.5) is 0 Å². The number of halogens is 1. The Morgan fingerprint density at radius 3 is 2.95 bits per heavy atom. The number of phenols is 1. The lowest BCUT2D eigenvalue weighted by atomic mass is 10.0. The number of aromatic nitrogens is 2. The number of phenolic OH excluding ortho intramolecular Hbond substituents is 1. The van der Waals surface area contributed by atoms with Crippen LogP contribution in [0.1, 0.15) is 25.6 Å². The summed E-state index contributed by atoms with van der Waals surface area (Å²) in [5.74, 6) is 0.787. The van der Waals surface area contributed by atoms with E-state index in [1.54, 1.807) is 12.1 Å². The highest BCUT2D eigenvalue weighted by Gasteiger charge is 2.36. The van der Waals surface area contributed by atoms with Gasteiger partial charge in [-0.3, -0.25) is 0 Å². The Hall–Kier alpha value is -1.59. The van der Waals surface area contributed by atoms with Crippen LogP contribution in [0, 0.1) is 0 Å². The summed E-state index contributed by atoms with van der Waals surface area (Å²) >= 11 is 5.79. The molecule has 100 valence electrons. The van der Waals surface area contributed by atoms with Crippen LogP contribution in [0.25, 0.3) is 11.5 Å². The third-order valence-corrected chi connectivity index (χ3v) is 3.54. The second-order valence-electron chi connectivity index (χ2n) is 4.77. The number of ether oxygens (including phenoxy) is 1. The van der Waals surface area contributed by atoms with Crippen molar-refractivity contribution in [1.82, 2.24) is 10.1 Å². The van der Waals surface area contributed by atoms with Gasteiger partial charge < -0.3 is 14.4 Å². The van der Waals surface area contributed by atoms with Crippen molar-refractivity contribution in [3.63, 3.8) is 0 Å². The van der Waals surface area contributed by atoms with E-state index in [9.17, 15) is 5.11 Å². The van der Waals surface area contributed by atoms with E-state index in [0.717, 1.165) is 12.8 Å². The van der Waals surface area contributed by atoms with Gasteiger partial charge in [-0.2, -0.15) is 4.98 Å². The molecular formula is C13H13ClN2O3. The lowest BCUT2D eigenvalue weighted by Crippen LogP contribution is -2.21. The molecule has 19 heavy (non-hydrogen) atoms. The van der Waals surface area contributed by atoms with Crippen molar-refractivity contribution in [2.45, 2.75) is 25.4 Å². The maximum absolute atomic E-state index is 9.84. The van der Waals surface area contributed by atoms with Crippen LogP contribution in [0.15, 0.2) is 22.7 Å². The maximum atomic E-state index is 9.84. The fourth-order valence-corrected chi connectivity index (χ4v) is 2.36. The molecule has 1 aliphatic heterocycles. The first-order valence-corrected chi connectivity index (χ1v) is 6.43. The van der Waals surface area contributed by atoms with Gasteiger partial charge in [-0.1, -0.05) is 16.8 Å². The van der Waals surface area contributed by atoms with Gasteiger partial charge in [0.25, 0.3) is 5.89 Å². The predicted molar refractivity (Wildman–Crippen MR) is 68.9 cm³/mol. The fourth-order valence-electron chi connectivity index (χ4n) is 2.19. The van der Waals surface area contributed by atoms with Crippen LogP contribution in [0.3, 0.4) is 0 Å². The summed E-state index contributed by atoms with van der Waals surface area (Å²) in [6.45, 7) is 2.64. The largest absolute Gasteiger partial charge is 0.507 e. The molecule has 3 rings (SSSR count). The molecule has 6 heteroatoms. The zero-order chi connectivity index (χ0) is 13.5. The lowest BCUT2D eigenvalue weighted by Gasteiger charge is -2.17. The molecule has 1 aromatic heterocycles. The first kappa shape index (κ1) is 12.4. The molecule has 5 nitrogen and oxygen atoms in total. The predicted octanol–water partition coefficient (Wildman–Crippen LogP) is 3.12. The van der Waals surface area contributed by atoms with Gasteiger partial charge in [-0.25, -0.2) is 0 Å². The van der Waals surface area contributed by atoms with E-state index in [1.165, 1.54) is 6.07 Å². The Bertz CT molecular complexity index is 606. The molecule has 1 fully saturated rings. The minimum Gasteiger partial charge on any atom is -0.507 e. The number of nitrogens with zero attached hydrogens (tertiary/aromatic N) is 2. The molecule has 1 saturated heterocycles. The Morgan fingerprint density at radius 2 is 2.26 bits per heavy atom. The second kappa shape index (κ2) is 4.51. The van der Waals surface area contributed by atoms with Crippen LogP contribution in [0.2, 0.25) is 5.02 Å². The third-order valence-electron chi connectivity index (χ3n) is 3.31. The fraction of sp³-hybridized carbons (Fsp3) is 0.385. The normalized spacial score (nSPS) is 22.8. The number of hydrogen-bond acceptors (Lipinski definition) is 5. The van der Waals surface area contributed by atoms with Gasteiger partial charge in [0.05, 0.1) is 5.56 Å². The molecule has 2 heterocycles. The van der Waals surface area contributed by atoms with E-state index in [0.29, 0.717) is 23.0 Å². The summed E-state index contributed by atoms with van der Waals surface area (Å²) in [5.41, 5.74) is -0.0335. The SMILES string of the molecule is CC1(c2noc(-c3ccc(Cl)cc3O)n2)CCCO1. The van der Waals surface area contributed by atoms with Gasteiger partial charge in [-0.05, 0) is 38.0 Å². The van der Waals surface area contributed by atoms with Gasteiger partial charge in [0.2, 0.25) is 5.82 Å². The second-order valence-corrected chi connectivity index (χ2v) is 5.20. The Morgan fingerprint density at radius 1 is 1.42 bits per heavy atom. The van der Waals surface area contributed by atoms with Crippen LogP contribution >= 0.6 is 11.6 Å². The van der Waals surface area contributed by atoms with E-state index in [1.807, 2.05) is 6.92 Å². The van der Waals surface area contributed by atoms with E-state index in [2.05, 4.69) is 10.1 Å². The average molecular weight is 281 g/mol. The van der Waals surface area contributed by atoms with Crippen LogP contribution in [-0.2, 0) is 10.3 Å². The minimum absolute atomic E-state index is 0.0141. The van der Waals surface area contributed by atoms with Gasteiger partial charge in [0.15, 0.2) is 0 Å². The van der Waals surface area contributed by atoms with Gasteiger partial charge in [0, 0.05) is 11.6 Å². The Labute approximate surface area is 115 Å². The summed E-state index contributed by atoms with van der Waals surface area (Å²) in [6.07, 6.45) is 1.84. The molecule has 0 saturated carbocycles. The molecule has 0 bridgehead atoms. The van der Waals surface area contributed by atoms with Crippen molar-refractivity contribution in [2.24, 2.45) is 0 Å². The lowest BCUT2D eigenvalue weighted by molar-refractivity contribution is 0.00768. The zero-order valence-electron chi connectivity index (χ0n) is 10.4. The molecule has 1 aliphatic rings. The van der Waals surface area contributed by atoms with E-state index < -0.39 is 5.60 Å². The standard InChI is InChI=1S/C13H13ClN2O3/c1-13(5-2-6-18-13)12-15-11(19-16-12)9-4-3-8(14)7-10(9)17/h3-4,7,17H,2,5-6H2,1H3. The maximum Gasteiger partial charge on any atom is 0.261 e. The molecule has 1 atom stereocenters. The highest BCUT2D eigenvalue weighted by atomic mass is 35.5. The quantitative estimate of drug-likeness (QED) is 0.915. The molecule has 1 aromatic carbocycles. The van der Waals surface area contributed by atoms with E-state index in [-0.39, 0.29) is 11.6 Å². The number of benzene rings is 1. The van der Waals surface area contributed by atoms with Crippen molar-refractivity contribution in [2.75, 3.05) is 6.61 Å². The minimum atomic E-state index is -0.496. The van der Waals surface area contributed by atoms with Gasteiger partial charge in [0.1, 0.15) is 11.4 Å². The Balaban J connectivity index is 1.97. The molecule has 0 spiro atoms. The smallest absolute Gasteiger partial charge is 0.261 e. The molecule has 0 radical (unpaired) electrons. The highest BCUT2D eigenvalue weighted by Crippen LogP contribution is 2.36. The zero-order valence-corrected chi connectivity index (χ0v) is 11.1. The van der Waals surface area contributed by atoms with Crippen LogP contribution < -0.4 is 0 Å². The monoisotopic (exact) mass is 280 g/mol. The summed E-state index contributed by atoms with van der Waals surface area (Å²) in [7, 11) is 0. The van der Waals surface area contributed by atoms with Gasteiger partial charge in [-0.15, -0.1) is 0 Å². The third kappa shape index (κ3) is 2.19. The van der Waals surface area contributed by atoms with Crippen molar-refractivity contribution in [1.29, 1.82) is 0 Å². The Kier molecular flexibility index (Phi) is 2.95. The van der Waals surface area contributed by atoms with Crippen molar-refractivity contribution >= 4 is 11.6 Å². The van der Waals surface area contributed by atoms with Crippen LogP contribution in [-0.4, -0.2) is 21.9 Å². The number of rotatable bonds is 2. The number of aromatic hydroxyl groups is 1. The number of hydrogen-bond donors (Lipinski definition) is 1. The molecule has 0 amide bonds. The van der Waals surface area contributed by atoms with Gasteiger partial charge >= 0.3 is 0 Å². The van der Waals surface area contributed by atoms with Crippen molar-refractivity contribution in [3.05, 3.63) is 29.0 Å². The summed E-state index contributed by atoms with van der Waals surface area (Å²) in [6, 6.07) is 4.75. The van der Waals surface area contributed by atoms with Crippen molar-refractivity contribution in [3.8, 4) is 17.2 Å². The molecule has 2 aromatic rings. The first-order chi connectivity index (χ1) is 9.08. The van der Waals surface area contributed by atoms with E-state index in [4.69, 9.17) is 20.9 Å². The molecular weight excluding hydrogens is 268 g/mol. The van der Waals surface area contributed by atoms with E-state index >= 15 is 0 Å². The van der Waals surface area contributed by atoms with Crippen LogP contribution in [0.5, 0.6) is 5.75 Å². The average Bonchev–Trinajstić information content (AvgIpc) is 2.99. The van der Waals surface area contributed by atoms with Crippen molar-refractivity contribution < 1.29 is 14.4 Å². The first-order valence-electron chi connectivity index (χ1n) is 6.05. The summed E-state index contributed by atoms with van der Waals surface area (Å²) in [5, 5.41) is 14.2. The topological polar surface area (TPSA) is 68.4 Å². The molecule has 0 aliphatic carbocycles. The molecule has 1 N–H and O–H groups in total. The summed E-state index contributed by atoms with van der Waals surface area (Å²) in [4.78, 5) is 4.32. The summed E-state index contributed by atoms with van der Waals surface area (Å²) < 4.78 is 10.9.